The molecule has 1 aliphatic carbocycles. The molecule has 7 heteroatoms. The molecule has 0 radical (unpaired) electrons. The Morgan fingerprint density at radius 1 is 1.18 bits per heavy atom. The third-order valence-electron chi connectivity index (χ3n) is 5.41. The van der Waals surface area contributed by atoms with Gasteiger partial charge in [-0.05, 0) is 18.2 Å². The smallest absolute Gasteiger partial charge is 0.269 e. The van der Waals surface area contributed by atoms with E-state index in [1.54, 1.807) is 20.2 Å². The van der Waals surface area contributed by atoms with Gasteiger partial charge in [0, 0.05) is 48.2 Å². The summed E-state index contributed by atoms with van der Waals surface area (Å²) in [5.41, 5.74) is 2.23. The maximum Gasteiger partial charge on any atom is 0.269 e. The number of fused-ring (bicyclic) bond motifs is 1. The molecule has 1 saturated carbocycles. The van der Waals surface area contributed by atoms with Gasteiger partial charge in [0.15, 0.2) is 0 Å². The minimum Gasteiger partial charge on any atom is -0.496 e. The zero-order chi connectivity index (χ0) is 19.7. The summed E-state index contributed by atoms with van der Waals surface area (Å²) in [6, 6.07) is 11.1. The number of benzene rings is 1. The van der Waals surface area contributed by atoms with Crippen LogP contribution in [0.4, 0.5) is 0 Å². The molecular formula is C21H23N3O4. The second-order valence-electron chi connectivity index (χ2n) is 7.16. The SMILES string of the molecule is CNC(=O)c1cc(C(=O)N[C@H]2[C@@H]3COC[C@@H]32)cc(Cc2ccccc2OC)n1. The Morgan fingerprint density at radius 3 is 2.64 bits per heavy atom. The van der Waals surface area contributed by atoms with Crippen LogP contribution in [0.25, 0.3) is 0 Å². The van der Waals surface area contributed by atoms with Gasteiger partial charge in [-0.3, -0.25) is 9.59 Å². The molecule has 2 fully saturated rings. The first kappa shape index (κ1) is 18.4. The fourth-order valence-corrected chi connectivity index (χ4v) is 3.79. The number of carbonyl (C=O) groups excluding carboxylic acids is 2. The molecule has 7 nitrogen and oxygen atoms in total. The number of methoxy groups -OCH3 is 1. The summed E-state index contributed by atoms with van der Waals surface area (Å²) < 4.78 is 10.8. The van der Waals surface area contributed by atoms with E-state index in [0.717, 1.165) is 11.3 Å². The van der Waals surface area contributed by atoms with E-state index in [0.29, 0.717) is 42.7 Å². The van der Waals surface area contributed by atoms with Gasteiger partial charge >= 0.3 is 0 Å². The van der Waals surface area contributed by atoms with Gasteiger partial charge in [-0.15, -0.1) is 0 Å². The van der Waals surface area contributed by atoms with Gasteiger partial charge in [0.05, 0.1) is 20.3 Å². The summed E-state index contributed by atoms with van der Waals surface area (Å²) in [6.45, 7) is 1.41. The van der Waals surface area contributed by atoms with Crippen molar-refractivity contribution in [2.45, 2.75) is 12.5 Å². The number of nitrogens with zero attached hydrogens (tertiary/aromatic N) is 1. The van der Waals surface area contributed by atoms with Crippen LogP contribution in [-0.4, -0.2) is 50.2 Å². The summed E-state index contributed by atoms with van der Waals surface area (Å²) in [6.07, 6.45) is 0.456. The Labute approximate surface area is 163 Å². The molecule has 2 aliphatic rings. The predicted octanol–water partition coefficient (Wildman–Crippen LogP) is 1.42. The molecule has 0 spiro atoms. The minimum absolute atomic E-state index is 0.163. The van der Waals surface area contributed by atoms with Crippen LogP contribution in [0.1, 0.15) is 32.1 Å². The highest BCUT2D eigenvalue weighted by molar-refractivity contribution is 5.98. The van der Waals surface area contributed by atoms with Gasteiger partial charge in [-0.25, -0.2) is 4.98 Å². The zero-order valence-corrected chi connectivity index (χ0v) is 15.9. The van der Waals surface area contributed by atoms with Gasteiger partial charge in [0.1, 0.15) is 11.4 Å². The number of amides is 2. The molecule has 2 N–H and O–H groups in total. The molecule has 0 bridgehead atoms. The topological polar surface area (TPSA) is 89.6 Å². The van der Waals surface area contributed by atoms with Gasteiger partial charge < -0.3 is 20.1 Å². The average Bonchev–Trinajstić information content (AvgIpc) is 3.13. The molecule has 28 heavy (non-hydrogen) atoms. The molecule has 4 rings (SSSR count). The van der Waals surface area contributed by atoms with Gasteiger partial charge in [0.25, 0.3) is 11.8 Å². The molecule has 1 saturated heterocycles. The van der Waals surface area contributed by atoms with E-state index in [1.807, 2.05) is 24.3 Å². The number of aromatic nitrogens is 1. The van der Waals surface area contributed by atoms with Crippen LogP contribution < -0.4 is 15.4 Å². The monoisotopic (exact) mass is 381 g/mol. The van der Waals surface area contributed by atoms with Crippen molar-refractivity contribution < 1.29 is 19.1 Å². The lowest BCUT2D eigenvalue weighted by molar-refractivity contribution is 0.0928. The number of para-hydroxylation sites is 1. The summed E-state index contributed by atoms with van der Waals surface area (Å²) in [5.74, 6) is 1.06. The number of hydrogen-bond donors (Lipinski definition) is 2. The van der Waals surface area contributed by atoms with Crippen LogP contribution in [0.15, 0.2) is 36.4 Å². The Kier molecular flexibility index (Phi) is 5.00. The number of pyridine rings is 1. The summed E-state index contributed by atoms with van der Waals surface area (Å²) in [4.78, 5) is 29.4. The molecule has 2 amide bonds. The van der Waals surface area contributed by atoms with E-state index in [-0.39, 0.29) is 23.6 Å². The maximum atomic E-state index is 12.8. The molecule has 1 aromatic carbocycles. The van der Waals surface area contributed by atoms with Crippen LogP contribution >= 0.6 is 0 Å². The number of rotatable bonds is 6. The van der Waals surface area contributed by atoms with Crippen molar-refractivity contribution in [3.05, 3.63) is 58.9 Å². The molecular weight excluding hydrogens is 358 g/mol. The first-order chi connectivity index (χ1) is 13.6. The largest absolute Gasteiger partial charge is 0.496 e. The van der Waals surface area contributed by atoms with Crippen molar-refractivity contribution in [3.63, 3.8) is 0 Å². The molecule has 1 aromatic heterocycles. The first-order valence-corrected chi connectivity index (χ1v) is 9.34. The lowest BCUT2D eigenvalue weighted by Gasteiger charge is -2.12. The van der Waals surface area contributed by atoms with Gasteiger partial charge in [-0.1, -0.05) is 18.2 Å². The summed E-state index contributed by atoms with van der Waals surface area (Å²) in [7, 11) is 3.16. The molecule has 1 aliphatic heterocycles. The van der Waals surface area contributed by atoms with Crippen molar-refractivity contribution >= 4 is 11.8 Å². The standard InChI is InChI=1S/C21H23N3O4/c1-22-21(26)17-9-13(20(25)24-19-15-10-28-11-16(15)19)8-14(23-17)7-12-5-3-4-6-18(12)27-2/h3-6,8-9,15-16,19H,7,10-11H2,1-2H3,(H,22,26)(H,24,25)/t15-,16+,19+. The maximum absolute atomic E-state index is 12.8. The van der Waals surface area contributed by atoms with E-state index in [2.05, 4.69) is 15.6 Å². The highest BCUT2D eigenvalue weighted by atomic mass is 16.5. The van der Waals surface area contributed by atoms with Gasteiger partial charge in [-0.2, -0.15) is 0 Å². The van der Waals surface area contributed by atoms with Crippen LogP contribution in [0.3, 0.4) is 0 Å². The van der Waals surface area contributed by atoms with Crippen molar-refractivity contribution in [1.82, 2.24) is 15.6 Å². The van der Waals surface area contributed by atoms with E-state index >= 15 is 0 Å². The lowest BCUT2D eigenvalue weighted by Crippen LogP contribution is -2.30. The van der Waals surface area contributed by atoms with E-state index in [9.17, 15) is 9.59 Å². The second kappa shape index (κ2) is 7.59. The van der Waals surface area contributed by atoms with Crippen molar-refractivity contribution in [2.24, 2.45) is 11.8 Å². The Hall–Kier alpha value is -2.93. The third-order valence-corrected chi connectivity index (χ3v) is 5.41. The quantitative estimate of drug-likeness (QED) is 0.790. The molecule has 2 heterocycles. The van der Waals surface area contributed by atoms with Crippen molar-refractivity contribution in [3.8, 4) is 5.75 Å². The molecule has 146 valence electrons. The molecule has 3 atom stereocenters. The number of nitrogens with one attached hydrogen (secondary N) is 2. The van der Waals surface area contributed by atoms with E-state index in [4.69, 9.17) is 9.47 Å². The fraction of sp³-hybridized carbons (Fsp3) is 0.381. The Bertz CT molecular complexity index is 904. The normalized spacial score (nSPS) is 22.3. The number of ether oxygens (including phenoxy) is 2. The number of hydrogen-bond acceptors (Lipinski definition) is 5. The van der Waals surface area contributed by atoms with Crippen LogP contribution in [0, 0.1) is 11.8 Å². The third kappa shape index (κ3) is 3.57. The Balaban J connectivity index is 1.59. The summed E-state index contributed by atoms with van der Waals surface area (Å²) in [5, 5.41) is 5.64. The lowest BCUT2D eigenvalue weighted by atomic mass is 10.1. The minimum atomic E-state index is -0.326. The van der Waals surface area contributed by atoms with E-state index in [1.165, 1.54) is 6.07 Å². The zero-order valence-electron chi connectivity index (χ0n) is 15.9. The number of carbonyl (C=O) groups is 2. The average molecular weight is 381 g/mol. The Morgan fingerprint density at radius 2 is 1.93 bits per heavy atom. The van der Waals surface area contributed by atoms with Crippen LogP contribution in [-0.2, 0) is 11.2 Å². The first-order valence-electron chi connectivity index (χ1n) is 9.34. The second-order valence-corrected chi connectivity index (χ2v) is 7.16. The molecule has 0 unspecified atom stereocenters. The fourth-order valence-electron chi connectivity index (χ4n) is 3.79. The van der Waals surface area contributed by atoms with Crippen molar-refractivity contribution in [2.75, 3.05) is 27.4 Å². The van der Waals surface area contributed by atoms with Crippen molar-refractivity contribution in [1.29, 1.82) is 0 Å². The van der Waals surface area contributed by atoms with Gasteiger partial charge in [0.2, 0.25) is 0 Å². The highest BCUT2D eigenvalue weighted by Gasteiger charge is 2.54. The van der Waals surface area contributed by atoms with Crippen LogP contribution in [0.2, 0.25) is 0 Å². The molecule has 2 aromatic rings. The van der Waals surface area contributed by atoms with E-state index < -0.39 is 0 Å². The highest BCUT2D eigenvalue weighted by Crippen LogP contribution is 2.44. The predicted molar refractivity (Wildman–Crippen MR) is 102 cm³/mol. The van der Waals surface area contributed by atoms with Crippen LogP contribution in [0.5, 0.6) is 5.75 Å². The summed E-state index contributed by atoms with van der Waals surface area (Å²) >= 11 is 0.